The molecule has 0 aromatic carbocycles. The molecule has 19 heavy (non-hydrogen) atoms. The molecule has 4 nitrogen and oxygen atoms in total. The van der Waals surface area contributed by atoms with Gasteiger partial charge in [0.2, 0.25) is 0 Å². The van der Waals surface area contributed by atoms with Gasteiger partial charge >= 0.3 is 0 Å². The van der Waals surface area contributed by atoms with Crippen molar-refractivity contribution in [2.45, 2.75) is 47.0 Å². The number of hydrogen-bond donors (Lipinski definition) is 2. The van der Waals surface area contributed by atoms with Crippen molar-refractivity contribution in [2.75, 3.05) is 23.7 Å². The number of aromatic nitrogens is 2. The second kappa shape index (κ2) is 6.22. The summed E-state index contributed by atoms with van der Waals surface area (Å²) in [5.41, 5.74) is 1.13. The van der Waals surface area contributed by atoms with Crippen molar-refractivity contribution in [3.05, 3.63) is 11.4 Å². The van der Waals surface area contributed by atoms with Crippen LogP contribution in [-0.2, 0) is 0 Å². The Morgan fingerprint density at radius 1 is 1.16 bits per heavy atom. The van der Waals surface area contributed by atoms with E-state index in [-0.39, 0.29) is 0 Å². The Morgan fingerprint density at radius 2 is 1.79 bits per heavy atom. The van der Waals surface area contributed by atoms with Crippen molar-refractivity contribution in [3.63, 3.8) is 0 Å². The molecule has 1 aromatic heterocycles. The van der Waals surface area contributed by atoms with Crippen molar-refractivity contribution in [1.82, 2.24) is 9.97 Å². The molecular formula is C15H26N4. The van der Waals surface area contributed by atoms with Gasteiger partial charge in [-0.05, 0) is 44.9 Å². The molecule has 1 saturated carbocycles. The first kappa shape index (κ1) is 14.1. The van der Waals surface area contributed by atoms with Gasteiger partial charge < -0.3 is 10.6 Å². The Hall–Kier alpha value is -1.32. The average molecular weight is 262 g/mol. The molecule has 1 atom stereocenters. The third kappa shape index (κ3) is 3.82. The highest BCUT2D eigenvalue weighted by molar-refractivity contribution is 5.57. The fourth-order valence-electron chi connectivity index (χ4n) is 2.31. The minimum absolute atomic E-state index is 0.738. The summed E-state index contributed by atoms with van der Waals surface area (Å²) in [6.45, 7) is 10.5. The van der Waals surface area contributed by atoms with Crippen LogP contribution in [0.4, 0.5) is 11.6 Å². The van der Waals surface area contributed by atoms with Gasteiger partial charge in [-0.2, -0.15) is 0 Å². The summed E-state index contributed by atoms with van der Waals surface area (Å²) in [5.74, 6) is 4.44. The van der Waals surface area contributed by atoms with E-state index in [0.29, 0.717) is 0 Å². The molecular weight excluding hydrogens is 236 g/mol. The number of aryl methyl sites for hydroxylation is 1. The molecule has 1 aromatic rings. The Labute approximate surface area is 116 Å². The van der Waals surface area contributed by atoms with Crippen LogP contribution < -0.4 is 10.6 Å². The predicted octanol–water partition coefficient (Wildman–Crippen LogP) is 3.37. The highest BCUT2D eigenvalue weighted by Gasteiger charge is 2.27. The molecule has 0 saturated heterocycles. The third-order valence-electron chi connectivity index (χ3n) is 3.82. The van der Waals surface area contributed by atoms with Crippen LogP contribution >= 0.6 is 0 Å². The minimum atomic E-state index is 0.738. The van der Waals surface area contributed by atoms with Gasteiger partial charge in [0.15, 0.2) is 0 Å². The zero-order chi connectivity index (χ0) is 13.8. The van der Waals surface area contributed by atoms with Crippen molar-refractivity contribution in [2.24, 2.45) is 11.8 Å². The number of rotatable bonds is 7. The summed E-state index contributed by atoms with van der Waals surface area (Å²) in [5, 5.41) is 6.88. The maximum Gasteiger partial charge on any atom is 0.134 e. The quantitative estimate of drug-likeness (QED) is 0.791. The Balaban J connectivity index is 2.03. The van der Waals surface area contributed by atoms with Crippen LogP contribution in [0.3, 0.4) is 0 Å². The van der Waals surface area contributed by atoms with Gasteiger partial charge in [0, 0.05) is 18.7 Å². The molecule has 0 radical (unpaired) electrons. The lowest BCUT2D eigenvalue weighted by molar-refractivity contribution is 0.535. The van der Waals surface area contributed by atoms with Gasteiger partial charge in [0.1, 0.15) is 17.5 Å². The van der Waals surface area contributed by atoms with Gasteiger partial charge in [-0.1, -0.05) is 13.8 Å². The standard InChI is InChI=1S/C15H26N4/c1-5-8-16-14-11(3)15(19-12(4)18-14)17-9-10(2)13-6-7-13/h10,13H,5-9H2,1-4H3,(H2,16,17,18,19). The first-order chi connectivity index (χ1) is 9.11. The summed E-state index contributed by atoms with van der Waals surface area (Å²) in [4.78, 5) is 9.01. The molecule has 0 bridgehead atoms. The molecule has 1 heterocycles. The van der Waals surface area contributed by atoms with E-state index in [1.807, 2.05) is 6.92 Å². The van der Waals surface area contributed by atoms with Gasteiger partial charge in [-0.3, -0.25) is 0 Å². The molecule has 0 amide bonds. The highest BCUT2D eigenvalue weighted by Crippen LogP contribution is 2.36. The van der Waals surface area contributed by atoms with E-state index in [1.54, 1.807) is 0 Å². The fraction of sp³-hybridized carbons (Fsp3) is 0.733. The Bertz CT molecular complexity index is 426. The van der Waals surface area contributed by atoms with Crippen LogP contribution in [0.25, 0.3) is 0 Å². The molecule has 4 heteroatoms. The third-order valence-corrected chi connectivity index (χ3v) is 3.82. The second-order valence-electron chi connectivity index (χ2n) is 5.72. The number of hydrogen-bond acceptors (Lipinski definition) is 4. The molecule has 1 unspecified atom stereocenters. The highest BCUT2D eigenvalue weighted by atomic mass is 15.1. The number of anilines is 2. The summed E-state index contributed by atoms with van der Waals surface area (Å²) < 4.78 is 0. The molecule has 0 aliphatic heterocycles. The molecule has 2 rings (SSSR count). The van der Waals surface area contributed by atoms with E-state index >= 15 is 0 Å². The van der Waals surface area contributed by atoms with E-state index in [9.17, 15) is 0 Å². The SMILES string of the molecule is CCCNc1nc(C)nc(NCC(C)C2CC2)c1C. The van der Waals surface area contributed by atoms with Gasteiger partial charge in [-0.25, -0.2) is 9.97 Å². The average Bonchev–Trinajstić information content (AvgIpc) is 3.21. The molecule has 1 aliphatic carbocycles. The van der Waals surface area contributed by atoms with Gasteiger partial charge in [0.05, 0.1) is 0 Å². The summed E-state index contributed by atoms with van der Waals surface area (Å²) in [6.07, 6.45) is 3.89. The zero-order valence-electron chi connectivity index (χ0n) is 12.6. The van der Waals surface area contributed by atoms with Crippen molar-refractivity contribution in [1.29, 1.82) is 0 Å². The van der Waals surface area contributed by atoms with E-state index in [4.69, 9.17) is 0 Å². The maximum absolute atomic E-state index is 4.53. The van der Waals surface area contributed by atoms with Gasteiger partial charge in [0.25, 0.3) is 0 Å². The Kier molecular flexibility index (Phi) is 4.61. The largest absolute Gasteiger partial charge is 0.370 e. The molecule has 1 fully saturated rings. The summed E-state index contributed by atoms with van der Waals surface area (Å²) in [7, 11) is 0. The minimum Gasteiger partial charge on any atom is -0.370 e. The van der Waals surface area contributed by atoms with Crippen molar-refractivity contribution in [3.8, 4) is 0 Å². The van der Waals surface area contributed by atoms with Crippen LogP contribution in [0.2, 0.25) is 0 Å². The van der Waals surface area contributed by atoms with Crippen molar-refractivity contribution < 1.29 is 0 Å². The first-order valence-corrected chi connectivity index (χ1v) is 7.44. The number of nitrogens with one attached hydrogen (secondary N) is 2. The molecule has 0 spiro atoms. The lowest BCUT2D eigenvalue weighted by Crippen LogP contribution is -2.16. The van der Waals surface area contributed by atoms with Crippen molar-refractivity contribution >= 4 is 11.6 Å². The van der Waals surface area contributed by atoms with E-state index in [2.05, 4.69) is 41.4 Å². The van der Waals surface area contributed by atoms with Crippen LogP contribution in [0, 0.1) is 25.7 Å². The zero-order valence-corrected chi connectivity index (χ0v) is 12.6. The predicted molar refractivity (Wildman–Crippen MR) is 80.7 cm³/mol. The normalized spacial score (nSPS) is 16.2. The fourth-order valence-corrected chi connectivity index (χ4v) is 2.31. The monoisotopic (exact) mass is 262 g/mol. The smallest absolute Gasteiger partial charge is 0.134 e. The Morgan fingerprint density at radius 3 is 2.37 bits per heavy atom. The van der Waals surface area contributed by atoms with E-state index in [0.717, 1.165) is 54.4 Å². The lowest BCUT2D eigenvalue weighted by atomic mass is 10.1. The maximum atomic E-state index is 4.53. The summed E-state index contributed by atoms with van der Waals surface area (Å²) >= 11 is 0. The van der Waals surface area contributed by atoms with Crippen LogP contribution in [0.5, 0.6) is 0 Å². The van der Waals surface area contributed by atoms with E-state index < -0.39 is 0 Å². The topological polar surface area (TPSA) is 49.8 Å². The second-order valence-corrected chi connectivity index (χ2v) is 5.72. The number of nitrogens with zero attached hydrogens (tertiary/aromatic N) is 2. The van der Waals surface area contributed by atoms with Crippen LogP contribution in [-0.4, -0.2) is 23.1 Å². The summed E-state index contributed by atoms with van der Waals surface area (Å²) in [6, 6.07) is 0. The first-order valence-electron chi connectivity index (χ1n) is 7.44. The van der Waals surface area contributed by atoms with E-state index in [1.165, 1.54) is 12.8 Å². The lowest BCUT2D eigenvalue weighted by Gasteiger charge is -2.16. The van der Waals surface area contributed by atoms with Crippen LogP contribution in [0.15, 0.2) is 0 Å². The molecule has 1 aliphatic rings. The molecule has 2 N–H and O–H groups in total. The van der Waals surface area contributed by atoms with Crippen LogP contribution in [0.1, 0.15) is 44.5 Å². The van der Waals surface area contributed by atoms with Gasteiger partial charge in [-0.15, -0.1) is 0 Å². The molecule has 106 valence electrons.